The van der Waals surface area contributed by atoms with Crippen LogP contribution in [0.2, 0.25) is 0 Å². The topological polar surface area (TPSA) is 68.3 Å². The van der Waals surface area contributed by atoms with Crippen molar-refractivity contribution in [3.8, 4) is 0 Å². The van der Waals surface area contributed by atoms with Gasteiger partial charge in [-0.25, -0.2) is 4.79 Å². The van der Waals surface area contributed by atoms with E-state index in [4.69, 9.17) is 0 Å². The molecular formula is C15H16N2O3S. The van der Waals surface area contributed by atoms with E-state index in [9.17, 15) is 9.59 Å². The highest BCUT2D eigenvalue weighted by molar-refractivity contribution is 7.14. The summed E-state index contributed by atoms with van der Waals surface area (Å²) in [7, 11) is 1.32. The van der Waals surface area contributed by atoms with Crippen LogP contribution >= 0.6 is 11.3 Å². The molecule has 0 fully saturated rings. The summed E-state index contributed by atoms with van der Waals surface area (Å²) in [6, 6.07) is 7.37. The zero-order chi connectivity index (χ0) is 15.1. The van der Waals surface area contributed by atoms with Crippen molar-refractivity contribution in [3.63, 3.8) is 0 Å². The van der Waals surface area contributed by atoms with Gasteiger partial charge in [-0.2, -0.15) is 0 Å². The molecule has 0 saturated heterocycles. The molecule has 0 unspecified atom stereocenters. The van der Waals surface area contributed by atoms with Crippen LogP contribution in [-0.2, 0) is 16.0 Å². The van der Waals surface area contributed by atoms with Crippen molar-refractivity contribution < 1.29 is 14.3 Å². The van der Waals surface area contributed by atoms with Crippen LogP contribution in [0.5, 0.6) is 0 Å². The number of hydrogen-bond donors (Lipinski definition) is 1. The summed E-state index contributed by atoms with van der Waals surface area (Å²) in [4.78, 5) is 27.6. The van der Waals surface area contributed by atoms with Crippen molar-refractivity contribution in [2.24, 2.45) is 0 Å². The van der Waals surface area contributed by atoms with Crippen LogP contribution < -0.4 is 5.32 Å². The molecule has 0 aromatic carbocycles. The molecule has 2 aromatic rings. The van der Waals surface area contributed by atoms with E-state index >= 15 is 0 Å². The Balaban J connectivity index is 1.82. The van der Waals surface area contributed by atoms with E-state index in [-0.39, 0.29) is 5.91 Å². The number of methoxy groups -OCH3 is 1. The van der Waals surface area contributed by atoms with Gasteiger partial charge in [0.2, 0.25) is 5.91 Å². The van der Waals surface area contributed by atoms with Crippen LogP contribution in [0.15, 0.2) is 35.8 Å². The quantitative estimate of drug-likeness (QED) is 0.833. The number of nitrogens with zero attached hydrogens (tertiary/aromatic N) is 1. The maximum atomic E-state index is 11.9. The molecule has 0 aliphatic carbocycles. The fraction of sp³-hybridized carbons (Fsp3) is 0.267. The predicted octanol–water partition coefficient (Wildman–Crippen LogP) is 2.89. The summed E-state index contributed by atoms with van der Waals surface area (Å²) in [6.45, 7) is 0. The van der Waals surface area contributed by atoms with E-state index in [2.05, 4.69) is 15.0 Å². The largest absolute Gasteiger partial charge is 0.465 e. The molecule has 0 spiro atoms. The number of aryl methyl sites for hydroxylation is 1. The van der Waals surface area contributed by atoms with E-state index in [0.717, 1.165) is 12.1 Å². The highest BCUT2D eigenvalue weighted by atomic mass is 32.1. The molecular weight excluding hydrogens is 288 g/mol. The van der Waals surface area contributed by atoms with E-state index in [1.54, 1.807) is 17.6 Å². The van der Waals surface area contributed by atoms with E-state index in [1.165, 1.54) is 18.4 Å². The third-order valence-electron chi connectivity index (χ3n) is 2.89. The van der Waals surface area contributed by atoms with E-state index in [1.807, 2.05) is 18.2 Å². The molecule has 21 heavy (non-hydrogen) atoms. The van der Waals surface area contributed by atoms with Crippen molar-refractivity contribution in [1.82, 2.24) is 4.98 Å². The lowest BCUT2D eigenvalue weighted by atomic mass is 10.1. The Morgan fingerprint density at radius 1 is 1.33 bits per heavy atom. The molecule has 2 rings (SSSR count). The monoisotopic (exact) mass is 304 g/mol. The molecule has 1 amide bonds. The van der Waals surface area contributed by atoms with Crippen LogP contribution in [0.4, 0.5) is 5.00 Å². The minimum absolute atomic E-state index is 0.112. The first-order chi connectivity index (χ1) is 10.2. The lowest BCUT2D eigenvalue weighted by molar-refractivity contribution is -0.116. The molecule has 110 valence electrons. The average Bonchev–Trinajstić information content (AvgIpc) is 2.95. The van der Waals surface area contributed by atoms with Crippen molar-refractivity contribution in [3.05, 3.63) is 47.1 Å². The summed E-state index contributed by atoms with van der Waals surface area (Å²) >= 11 is 1.31. The number of aromatic nitrogens is 1. The standard InChI is InChI=1S/C15H16N2O3S/c1-20-15(19)12-8-10-21-14(12)17-13(18)7-4-6-11-5-2-3-9-16-11/h2-3,5,8-10H,4,6-7H2,1H3,(H,17,18). The Kier molecular flexibility index (Phi) is 5.45. The first-order valence-corrected chi connectivity index (χ1v) is 7.44. The first-order valence-electron chi connectivity index (χ1n) is 6.56. The number of nitrogens with one attached hydrogen (secondary N) is 1. The summed E-state index contributed by atoms with van der Waals surface area (Å²) in [5.41, 5.74) is 1.36. The Morgan fingerprint density at radius 2 is 2.19 bits per heavy atom. The predicted molar refractivity (Wildman–Crippen MR) is 81.5 cm³/mol. The molecule has 1 N–H and O–H groups in total. The third kappa shape index (κ3) is 4.39. The number of anilines is 1. The lowest BCUT2D eigenvalue weighted by Gasteiger charge is -2.05. The van der Waals surface area contributed by atoms with E-state index < -0.39 is 5.97 Å². The normalized spacial score (nSPS) is 10.1. The summed E-state index contributed by atoms with van der Waals surface area (Å²) in [5.74, 6) is -0.557. The SMILES string of the molecule is COC(=O)c1ccsc1NC(=O)CCCc1ccccn1. The number of thiophene rings is 1. The van der Waals surface area contributed by atoms with Crippen LogP contribution in [0, 0.1) is 0 Å². The highest BCUT2D eigenvalue weighted by Crippen LogP contribution is 2.24. The van der Waals surface area contributed by atoms with Crippen molar-refractivity contribution in [1.29, 1.82) is 0 Å². The molecule has 0 saturated carbocycles. The zero-order valence-corrected chi connectivity index (χ0v) is 12.5. The fourth-order valence-electron chi connectivity index (χ4n) is 1.84. The smallest absolute Gasteiger partial charge is 0.340 e. The summed E-state index contributed by atoms with van der Waals surface area (Å²) in [5, 5.41) is 5.03. The van der Waals surface area contributed by atoms with Gasteiger partial charge in [0, 0.05) is 18.3 Å². The van der Waals surface area contributed by atoms with Crippen LogP contribution in [0.3, 0.4) is 0 Å². The number of carbonyl (C=O) groups is 2. The molecule has 0 atom stereocenters. The Morgan fingerprint density at radius 3 is 2.90 bits per heavy atom. The van der Waals surface area contributed by atoms with Crippen molar-refractivity contribution in [2.45, 2.75) is 19.3 Å². The number of amides is 1. The minimum Gasteiger partial charge on any atom is -0.465 e. The molecule has 2 heterocycles. The Hall–Kier alpha value is -2.21. The van der Waals surface area contributed by atoms with Crippen LogP contribution in [-0.4, -0.2) is 24.0 Å². The number of ether oxygens (including phenoxy) is 1. The number of carbonyl (C=O) groups excluding carboxylic acids is 2. The van der Waals surface area contributed by atoms with Crippen LogP contribution in [0.1, 0.15) is 28.9 Å². The second-order valence-electron chi connectivity index (χ2n) is 4.38. The van der Waals surface area contributed by atoms with Gasteiger partial charge in [-0.05, 0) is 36.4 Å². The first kappa shape index (κ1) is 15.2. The molecule has 6 heteroatoms. The maximum Gasteiger partial charge on any atom is 0.340 e. The van der Waals surface area contributed by atoms with Crippen molar-refractivity contribution in [2.75, 3.05) is 12.4 Å². The summed E-state index contributed by atoms with van der Waals surface area (Å²) in [6.07, 6.45) is 3.59. The number of rotatable bonds is 6. The maximum absolute atomic E-state index is 11.9. The van der Waals surface area contributed by atoms with Gasteiger partial charge >= 0.3 is 5.97 Å². The van der Waals surface area contributed by atoms with Gasteiger partial charge < -0.3 is 10.1 Å². The molecule has 0 radical (unpaired) electrons. The van der Waals surface area contributed by atoms with E-state index in [0.29, 0.717) is 23.4 Å². The fourth-order valence-corrected chi connectivity index (χ4v) is 2.63. The van der Waals surface area contributed by atoms with Gasteiger partial charge in [0.1, 0.15) is 5.00 Å². The Bertz CT molecular complexity index is 610. The van der Waals surface area contributed by atoms with Gasteiger partial charge in [0.05, 0.1) is 12.7 Å². The molecule has 0 aliphatic heterocycles. The molecule has 0 aliphatic rings. The van der Waals surface area contributed by atoms with Crippen LogP contribution in [0.25, 0.3) is 0 Å². The number of hydrogen-bond acceptors (Lipinski definition) is 5. The third-order valence-corrected chi connectivity index (χ3v) is 3.72. The molecule has 0 bridgehead atoms. The Labute approximate surface area is 127 Å². The van der Waals surface area contributed by atoms with Gasteiger partial charge in [-0.15, -0.1) is 11.3 Å². The van der Waals surface area contributed by atoms with Gasteiger partial charge in [-0.1, -0.05) is 6.07 Å². The zero-order valence-electron chi connectivity index (χ0n) is 11.7. The lowest BCUT2D eigenvalue weighted by Crippen LogP contribution is -2.13. The number of esters is 1. The van der Waals surface area contributed by atoms with Gasteiger partial charge in [-0.3, -0.25) is 9.78 Å². The second kappa shape index (κ2) is 7.54. The number of pyridine rings is 1. The van der Waals surface area contributed by atoms with Gasteiger partial charge in [0.25, 0.3) is 0 Å². The highest BCUT2D eigenvalue weighted by Gasteiger charge is 2.15. The average molecular weight is 304 g/mol. The second-order valence-corrected chi connectivity index (χ2v) is 5.29. The van der Waals surface area contributed by atoms with Crippen molar-refractivity contribution >= 4 is 28.2 Å². The van der Waals surface area contributed by atoms with Gasteiger partial charge in [0.15, 0.2) is 0 Å². The summed E-state index contributed by atoms with van der Waals surface area (Å²) < 4.78 is 4.66. The molecule has 5 nitrogen and oxygen atoms in total. The minimum atomic E-state index is -0.444. The molecule has 2 aromatic heterocycles.